The molecule has 2 atom stereocenters. The molecule has 1 aromatic carbocycles. The zero-order chi connectivity index (χ0) is 12.0. The van der Waals surface area contributed by atoms with Gasteiger partial charge in [0.25, 0.3) is 0 Å². The summed E-state index contributed by atoms with van der Waals surface area (Å²) in [5.41, 5.74) is 2.23. The Hall–Kier alpha value is -1.71. The molecule has 17 heavy (non-hydrogen) atoms. The standard InChI is InChI=1S/C13H15NO3/c15-9-3-1-8-2-4-11-10(13(16)17)5-6-14(11)12(8)7-9/h1,3,7,10-11,15H,2,4-6H2,(H,16,17). The van der Waals surface area contributed by atoms with Crippen LogP contribution in [-0.4, -0.2) is 28.8 Å². The first-order valence-electron chi connectivity index (χ1n) is 5.98. The minimum Gasteiger partial charge on any atom is -0.508 e. The van der Waals surface area contributed by atoms with E-state index in [1.807, 2.05) is 6.07 Å². The number of fused-ring (bicyclic) bond motifs is 3. The number of carbonyl (C=O) groups is 1. The van der Waals surface area contributed by atoms with Crippen LogP contribution < -0.4 is 4.90 Å². The van der Waals surface area contributed by atoms with Gasteiger partial charge in [0.05, 0.1) is 5.92 Å². The molecule has 3 rings (SSSR count). The molecule has 1 saturated heterocycles. The maximum atomic E-state index is 11.2. The third-order valence-electron chi connectivity index (χ3n) is 3.95. The van der Waals surface area contributed by atoms with Crippen LogP contribution >= 0.6 is 0 Å². The number of rotatable bonds is 1. The van der Waals surface area contributed by atoms with E-state index >= 15 is 0 Å². The van der Waals surface area contributed by atoms with Crippen molar-refractivity contribution in [2.24, 2.45) is 5.92 Å². The van der Waals surface area contributed by atoms with Gasteiger partial charge in [-0.15, -0.1) is 0 Å². The summed E-state index contributed by atoms with van der Waals surface area (Å²) >= 11 is 0. The molecule has 0 aliphatic carbocycles. The maximum Gasteiger partial charge on any atom is 0.308 e. The number of phenols is 1. The molecular formula is C13H15NO3. The Morgan fingerprint density at radius 3 is 2.94 bits per heavy atom. The second-order valence-electron chi connectivity index (χ2n) is 4.85. The lowest BCUT2D eigenvalue weighted by Crippen LogP contribution is -2.39. The Morgan fingerprint density at radius 2 is 2.18 bits per heavy atom. The van der Waals surface area contributed by atoms with E-state index < -0.39 is 5.97 Å². The minimum atomic E-state index is -0.693. The molecule has 0 spiro atoms. The van der Waals surface area contributed by atoms with Crippen LogP contribution in [0.5, 0.6) is 5.75 Å². The molecule has 90 valence electrons. The molecule has 4 nitrogen and oxygen atoms in total. The number of nitrogens with zero attached hydrogens (tertiary/aromatic N) is 1. The van der Waals surface area contributed by atoms with Crippen LogP contribution in [0.1, 0.15) is 18.4 Å². The Morgan fingerprint density at radius 1 is 1.35 bits per heavy atom. The van der Waals surface area contributed by atoms with Crippen LogP contribution in [-0.2, 0) is 11.2 Å². The first-order chi connectivity index (χ1) is 8.16. The monoisotopic (exact) mass is 233 g/mol. The molecule has 0 amide bonds. The summed E-state index contributed by atoms with van der Waals surface area (Å²) in [6.07, 6.45) is 2.50. The molecule has 0 aromatic heterocycles. The summed E-state index contributed by atoms with van der Waals surface area (Å²) in [6, 6.07) is 5.49. The highest BCUT2D eigenvalue weighted by molar-refractivity contribution is 5.74. The van der Waals surface area contributed by atoms with E-state index in [1.54, 1.807) is 12.1 Å². The van der Waals surface area contributed by atoms with E-state index in [4.69, 9.17) is 0 Å². The highest BCUT2D eigenvalue weighted by Crippen LogP contribution is 2.40. The number of phenolic OH excluding ortho intramolecular Hbond substituents is 1. The average Bonchev–Trinajstić information content (AvgIpc) is 2.72. The molecular weight excluding hydrogens is 218 g/mol. The SMILES string of the molecule is O=C(O)C1CCN2c3cc(O)ccc3CCC12. The quantitative estimate of drug-likeness (QED) is 0.773. The number of carboxylic acid groups (broad SMARTS) is 1. The van der Waals surface area contributed by atoms with Gasteiger partial charge in [0, 0.05) is 24.3 Å². The molecule has 2 aliphatic heterocycles. The first-order valence-corrected chi connectivity index (χ1v) is 5.98. The molecule has 0 saturated carbocycles. The topological polar surface area (TPSA) is 60.8 Å². The van der Waals surface area contributed by atoms with Crippen molar-refractivity contribution in [3.63, 3.8) is 0 Å². The van der Waals surface area contributed by atoms with Crippen LogP contribution in [0.15, 0.2) is 18.2 Å². The van der Waals surface area contributed by atoms with Gasteiger partial charge in [0.1, 0.15) is 5.75 Å². The molecule has 1 aromatic rings. The fourth-order valence-corrected chi connectivity index (χ4v) is 3.13. The van der Waals surface area contributed by atoms with E-state index in [0.717, 1.165) is 25.1 Å². The van der Waals surface area contributed by atoms with E-state index in [0.29, 0.717) is 6.42 Å². The van der Waals surface area contributed by atoms with Crippen molar-refractivity contribution in [3.05, 3.63) is 23.8 Å². The summed E-state index contributed by atoms with van der Waals surface area (Å²) in [5, 5.41) is 18.7. The number of benzene rings is 1. The zero-order valence-corrected chi connectivity index (χ0v) is 9.47. The maximum absolute atomic E-state index is 11.2. The normalized spacial score (nSPS) is 26.5. The molecule has 0 radical (unpaired) electrons. The molecule has 2 unspecified atom stereocenters. The summed E-state index contributed by atoms with van der Waals surface area (Å²) in [5.74, 6) is -0.699. The largest absolute Gasteiger partial charge is 0.508 e. The number of hydrogen-bond acceptors (Lipinski definition) is 3. The Labute approximate surface area is 99.5 Å². The highest BCUT2D eigenvalue weighted by atomic mass is 16.4. The highest BCUT2D eigenvalue weighted by Gasteiger charge is 2.41. The molecule has 0 bridgehead atoms. The van der Waals surface area contributed by atoms with Gasteiger partial charge in [-0.1, -0.05) is 6.07 Å². The van der Waals surface area contributed by atoms with Gasteiger partial charge in [0.2, 0.25) is 0 Å². The molecule has 2 N–H and O–H groups in total. The molecule has 4 heteroatoms. The lowest BCUT2D eigenvalue weighted by atomic mass is 9.90. The smallest absolute Gasteiger partial charge is 0.308 e. The van der Waals surface area contributed by atoms with Crippen molar-refractivity contribution in [3.8, 4) is 5.75 Å². The summed E-state index contributed by atoms with van der Waals surface area (Å²) in [4.78, 5) is 13.3. The van der Waals surface area contributed by atoms with Crippen molar-refractivity contribution >= 4 is 11.7 Å². The number of aromatic hydroxyl groups is 1. The summed E-state index contributed by atoms with van der Waals surface area (Å²) in [7, 11) is 0. The molecule has 1 fully saturated rings. The average molecular weight is 233 g/mol. The van der Waals surface area contributed by atoms with Crippen molar-refractivity contribution in [1.29, 1.82) is 0 Å². The van der Waals surface area contributed by atoms with Gasteiger partial charge < -0.3 is 15.1 Å². The Balaban J connectivity index is 1.98. The lowest BCUT2D eigenvalue weighted by molar-refractivity contribution is -0.141. The van der Waals surface area contributed by atoms with Crippen LogP contribution in [0.2, 0.25) is 0 Å². The minimum absolute atomic E-state index is 0.0989. The predicted octanol–water partition coefficient (Wildman–Crippen LogP) is 1.62. The van der Waals surface area contributed by atoms with Crippen molar-refractivity contribution in [2.45, 2.75) is 25.3 Å². The fraction of sp³-hybridized carbons (Fsp3) is 0.462. The van der Waals surface area contributed by atoms with E-state index in [2.05, 4.69) is 4.90 Å². The van der Waals surface area contributed by atoms with E-state index in [9.17, 15) is 15.0 Å². The van der Waals surface area contributed by atoms with Gasteiger partial charge in [-0.05, 0) is 30.9 Å². The number of hydrogen-bond donors (Lipinski definition) is 2. The number of aryl methyl sites for hydroxylation is 1. The van der Waals surface area contributed by atoms with Crippen LogP contribution in [0.25, 0.3) is 0 Å². The predicted molar refractivity (Wildman–Crippen MR) is 63.3 cm³/mol. The molecule has 2 heterocycles. The lowest BCUT2D eigenvalue weighted by Gasteiger charge is -2.35. The van der Waals surface area contributed by atoms with Crippen LogP contribution in [0, 0.1) is 5.92 Å². The van der Waals surface area contributed by atoms with Crippen molar-refractivity contribution < 1.29 is 15.0 Å². The number of anilines is 1. The van der Waals surface area contributed by atoms with Gasteiger partial charge in [-0.3, -0.25) is 4.79 Å². The van der Waals surface area contributed by atoms with Crippen LogP contribution in [0.4, 0.5) is 5.69 Å². The van der Waals surface area contributed by atoms with Crippen LogP contribution in [0.3, 0.4) is 0 Å². The van der Waals surface area contributed by atoms with Gasteiger partial charge >= 0.3 is 5.97 Å². The van der Waals surface area contributed by atoms with E-state index in [1.165, 1.54) is 5.56 Å². The van der Waals surface area contributed by atoms with Crippen molar-refractivity contribution in [2.75, 3.05) is 11.4 Å². The second-order valence-corrected chi connectivity index (χ2v) is 4.85. The Kier molecular flexibility index (Phi) is 2.24. The Bertz CT molecular complexity index is 472. The van der Waals surface area contributed by atoms with Crippen molar-refractivity contribution in [1.82, 2.24) is 0 Å². The van der Waals surface area contributed by atoms with Gasteiger partial charge in [-0.25, -0.2) is 0 Å². The number of aliphatic carboxylic acids is 1. The first kappa shape index (κ1) is 10.4. The zero-order valence-electron chi connectivity index (χ0n) is 9.47. The fourth-order valence-electron chi connectivity index (χ4n) is 3.13. The van der Waals surface area contributed by atoms with E-state index in [-0.39, 0.29) is 17.7 Å². The third-order valence-corrected chi connectivity index (χ3v) is 3.95. The number of carboxylic acids is 1. The van der Waals surface area contributed by atoms with Gasteiger partial charge in [-0.2, -0.15) is 0 Å². The van der Waals surface area contributed by atoms with Gasteiger partial charge in [0.15, 0.2) is 0 Å². The molecule has 2 aliphatic rings. The second kappa shape index (κ2) is 3.65. The summed E-state index contributed by atoms with van der Waals surface area (Å²) < 4.78 is 0. The third kappa shape index (κ3) is 1.55. The summed E-state index contributed by atoms with van der Waals surface area (Å²) in [6.45, 7) is 0.776.